The SMILES string of the molecule is Nc1nnc(COCC(F)(F)F)s1. The third kappa shape index (κ3) is 4.04. The average molecular weight is 213 g/mol. The number of hydrogen-bond donors (Lipinski definition) is 1. The lowest BCUT2D eigenvalue weighted by Crippen LogP contribution is -2.16. The Kier molecular flexibility index (Phi) is 3.04. The van der Waals surface area contributed by atoms with Crippen LogP contribution in [0, 0.1) is 0 Å². The first-order chi connectivity index (χ1) is 5.97. The van der Waals surface area contributed by atoms with E-state index in [0.717, 1.165) is 11.3 Å². The summed E-state index contributed by atoms with van der Waals surface area (Å²) in [6.07, 6.45) is -4.31. The first-order valence-corrected chi connectivity index (χ1v) is 4.01. The highest BCUT2D eigenvalue weighted by Crippen LogP contribution is 2.17. The van der Waals surface area contributed by atoms with Crippen LogP contribution in [0.4, 0.5) is 18.3 Å². The predicted octanol–water partition coefficient (Wildman–Crippen LogP) is 1.20. The fraction of sp³-hybridized carbons (Fsp3) is 0.600. The van der Waals surface area contributed by atoms with Gasteiger partial charge < -0.3 is 10.5 Å². The van der Waals surface area contributed by atoms with Crippen LogP contribution in [0.1, 0.15) is 5.01 Å². The summed E-state index contributed by atoms with van der Waals surface area (Å²) < 4.78 is 39.1. The van der Waals surface area contributed by atoms with Gasteiger partial charge in [-0.25, -0.2) is 0 Å². The maximum absolute atomic E-state index is 11.6. The Balaban J connectivity index is 2.28. The summed E-state index contributed by atoms with van der Waals surface area (Å²) in [4.78, 5) is 0. The van der Waals surface area contributed by atoms with Gasteiger partial charge in [-0.2, -0.15) is 13.2 Å². The molecule has 0 aliphatic heterocycles. The minimum absolute atomic E-state index is 0.214. The van der Waals surface area contributed by atoms with E-state index >= 15 is 0 Å². The molecular weight excluding hydrogens is 207 g/mol. The van der Waals surface area contributed by atoms with Crippen molar-refractivity contribution < 1.29 is 17.9 Å². The molecule has 0 saturated heterocycles. The van der Waals surface area contributed by atoms with E-state index in [1.54, 1.807) is 0 Å². The summed E-state index contributed by atoms with van der Waals surface area (Å²) in [6, 6.07) is 0. The molecule has 0 atom stereocenters. The Morgan fingerprint density at radius 1 is 1.38 bits per heavy atom. The van der Waals surface area contributed by atoms with Crippen LogP contribution in [0.3, 0.4) is 0 Å². The van der Waals surface area contributed by atoms with E-state index in [0.29, 0.717) is 5.01 Å². The molecule has 0 unspecified atom stereocenters. The highest BCUT2D eigenvalue weighted by atomic mass is 32.1. The smallest absolute Gasteiger partial charge is 0.374 e. The van der Waals surface area contributed by atoms with Gasteiger partial charge in [0.1, 0.15) is 18.2 Å². The lowest BCUT2D eigenvalue weighted by atomic mass is 10.7. The molecule has 1 aromatic rings. The lowest BCUT2D eigenvalue weighted by molar-refractivity contribution is -0.176. The quantitative estimate of drug-likeness (QED) is 0.819. The number of nitrogens with two attached hydrogens (primary N) is 1. The molecular formula is C5H6F3N3OS. The van der Waals surface area contributed by atoms with Crippen molar-refractivity contribution in [1.29, 1.82) is 0 Å². The van der Waals surface area contributed by atoms with Gasteiger partial charge >= 0.3 is 6.18 Å². The van der Waals surface area contributed by atoms with Gasteiger partial charge in [-0.1, -0.05) is 11.3 Å². The molecule has 0 aliphatic rings. The minimum atomic E-state index is -4.31. The topological polar surface area (TPSA) is 61.0 Å². The van der Waals surface area contributed by atoms with E-state index in [1.807, 2.05) is 0 Å². The summed E-state index contributed by atoms with van der Waals surface area (Å²) in [5.74, 6) is 0. The molecule has 74 valence electrons. The van der Waals surface area contributed by atoms with Crippen LogP contribution < -0.4 is 5.73 Å². The Hall–Kier alpha value is -0.890. The second kappa shape index (κ2) is 3.88. The summed E-state index contributed by atoms with van der Waals surface area (Å²) in [5, 5.41) is 7.45. The Morgan fingerprint density at radius 3 is 2.54 bits per heavy atom. The highest BCUT2D eigenvalue weighted by molar-refractivity contribution is 7.15. The van der Waals surface area contributed by atoms with Gasteiger partial charge in [0.2, 0.25) is 5.13 Å². The average Bonchev–Trinajstić information content (AvgIpc) is 2.33. The number of rotatable bonds is 3. The number of nitrogens with zero attached hydrogens (tertiary/aromatic N) is 2. The maximum Gasteiger partial charge on any atom is 0.411 e. The number of nitrogen functional groups attached to an aromatic ring is 1. The summed E-state index contributed by atoms with van der Waals surface area (Å²) in [7, 11) is 0. The Labute approximate surface area is 75.5 Å². The van der Waals surface area contributed by atoms with E-state index in [2.05, 4.69) is 14.9 Å². The number of ether oxygens (including phenoxy) is 1. The number of alkyl halides is 3. The second-order valence-corrected chi connectivity index (χ2v) is 3.24. The summed E-state index contributed by atoms with van der Waals surface area (Å²) in [6.45, 7) is -1.50. The van der Waals surface area contributed by atoms with Crippen LogP contribution in [0.25, 0.3) is 0 Å². The molecule has 0 fully saturated rings. The van der Waals surface area contributed by atoms with Crippen LogP contribution in [0.2, 0.25) is 0 Å². The van der Waals surface area contributed by atoms with Crippen molar-refractivity contribution in [3.05, 3.63) is 5.01 Å². The van der Waals surface area contributed by atoms with Crippen LogP contribution in [-0.4, -0.2) is 23.0 Å². The molecule has 1 heterocycles. The number of anilines is 1. The molecule has 0 bridgehead atoms. The van der Waals surface area contributed by atoms with Gasteiger partial charge in [0.15, 0.2) is 0 Å². The van der Waals surface area contributed by atoms with Crippen molar-refractivity contribution in [3.63, 3.8) is 0 Å². The molecule has 2 N–H and O–H groups in total. The molecule has 8 heteroatoms. The largest absolute Gasteiger partial charge is 0.411 e. The molecule has 1 aromatic heterocycles. The van der Waals surface area contributed by atoms with E-state index < -0.39 is 12.8 Å². The molecule has 0 radical (unpaired) electrons. The van der Waals surface area contributed by atoms with Crippen molar-refractivity contribution in [2.24, 2.45) is 0 Å². The minimum Gasteiger partial charge on any atom is -0.374 e. The fourth-order valence-electron chi connectivity index (χ4n) is 0.579. The van der Waals surface area contributed by atoms with Crippen molar-refractivity contribution >= 4 is 16.5 Å². The van der Waals surface area contributed by atoms with E-state index in [9.17, 15) is 13.2 Å². The monoisotopic (exact) mass is 213 g/mol. The normalized spacial score (nSPS) is 11.9. The lowest BCUT2D eigenvalue weighted by Gasteiger charge is -2.04. The fourth-order valence-corrected chi connectivity index (χ4v) is 1.13. The molecule has 0 aromatic carbocycles. The molecule has 0 spiro atoms. The van der Waals surface area contributed by atoms with Crippen molar-refractivity contribution in [1.82, 2.24) is 10.2 Å². The standard InChI is InChI=1S/C5H6F3N3OS/c6-5(7,8)2-12-1-3-10-11-4(9)13-3/h1-2H2,(H2,9,11). The molecule has 0 amide bonds. The number of hydrogen-bond acceptors (Lipinski definition) is 5. The van der Waals surface area contributed by atoms with E-state index in [4.69, 9.17) is 5.73 Å². The van der Waals surface area contributed by atoms with Crippen molar-refractivity contribution in [2.75, 3.05) is 12.3 Å². The Morgan fingerprint density at radius 2 is 2.08 bits per heavy atom. The zero-order valence-corrected chi connectivity index (χ0v) is 7.15. The van der Waals surface area contributed by atoms with E-state index in [-0.39, 0.29) is 11.7 Å². The summed E-state index contributed by atoms with van der Waals surface area (Å²) in [5.41, 5.74) is 5.20. The zero-order valence-electron chi connectivity index (χ0n) is 6.34. The molecule has 4 nitrogen and oxygen atoms in total. The molecule has 1 rings (SSSR count). The van der Waals surface area contributed by atoms with Gasteiger partial charge in [-0.05, 0) is 0 Å². The van der Waals surface area contributed by atoms with Crippen LogP contribution in [-0.2, 0) is 11.3 Å². The van der Waals surface area contributed by atoms with Crippen LogP contribution in [0.5, 0.6) is 0 Å². The zero-order chi connectivity index (χ0) is 9.90. The third-order valence-corrected chi connectivity index (χ3v) is 1.70. The molecule has 0 aliphatic carbocycles. The molecule has 0 saturated carbocycles. The van der Waals surface area contributed by atoms with Gasteiger partial charge in [-0.15, -0.1) is 10.2 Å². The predicted molar refractivity (Wildman–Crippen MR) is 40.0 cm³/mol. The summed E-state index contributed by atoms with van der Waals surface area (Å²) >= 11 is 1.00. The van der Waals surface area contributed by atoms with Gasteiger partial charge in [0, 0.05) is 0 Å². The maximum atomic E-state index is 11.6. The van der Waals surface area contributed by atoms with Crippen LogP contribution in [0.15, 0.2) is 0 Å². The molecule has 13 heavy (non-hydrogen) atoms. The number of aromatic nitrogens is 2. The number of halogens is 3. The van der Waals surface area contributed by atoms with Crippen molar-refractivity contribution in [2.45, 2.75) is 12.8 Å². The first kappa shape index (κ1) is 10.2. The van der Waals surface area contributed by atoms with Gasteiger partial charge in [0.05, 0.1) is 0 Å². The third-order valence-electron chi connectivity index (χ3n) is 0.974. The van der Waals surface area contributed by atoms with Gasteiger partial charge in [-0.3, -0.25) is 0 Å². The Bertz CT molecular complexity index is 274. The van der Waals surface area contributed by atoms with Crippen LogP contribution >= 0.6 is 11.3 Å². The van der Waals surface area contributed by atoms with Crippen molar-refractivity contribution in [3.8, 4) is 0 Å². The van der Waals surface area contributed by atoms with E-state index in [1.165, 1.54) is 0 Å². The van der Waals surface area contributed by atoms with Gasteiger partial charge in [0.25, 0.3) is 0 Å². The highest BCUT2D eigenvalue weighted by Gasteiger charge is 2.27. The second-order valence-electron chi connectivity index (χ2n) is 2.14. The first-order valence-electron chi connectivity index (χ1n) is 3.20.